The van der Waals surface area contributed by atoms with E-state index in [9.17, 15) is 4.79 Å². The number of carbonyl (C=O) groups excluding carboxylic acids is 1. The topological polar surface area (TPSA) is 50.1 Å². The fourth-order valence-corrected chi connectivity index (χ4v) is 1.99. The number of nitriles is 1. The number of thioether (sulfide) groups is 1. The number of hydrogen-bond acceptors (Lipinski definition) is 4. The highest BCUT2D eigenvalue weighted by molar-refractivity contribution is 7.99. The Morgan fingerprint density at radius 3 is 2.94 bits per heavy atom. The third kappa shape index (κ3) is 4.63. The van der Waals surface area contributed by atoms with Gasteiger partial charge >= 0.3 is 5.97 Å². The zero-order valence-electron chi connectivity index (χ0n) is 9.18. The normalized spacial score (nSPS) is 9.06. The average Bonchev–Trinajstić information content (AvgIpc) is 2.37. The number of esters is 1. The van der Waals surface area contributed by atoms with Crippen LogP contribution in [0.25, 0.3) is 0 Å². The van der Waals surface area contributed by atoms with Gasteiger partial charge < -0.3 is 4.74 Å². The van der Waals surface area contributed by atoms with Gasteiger partial charge in [-0.3, -0.25) is 4.79 Å². The first-order valence-electron chi connectivity index (χ1n) is 4.92. The smallest absolute Gasteiger partial charge is 0.316 e. The van der Waals surface area contributed by atoms with Crippen LogP contribution >= 0.6 is 11.8 Å². The van der Waals surface area contributed by atoms with Crippen LogP contribution in [-0.4, -0.2) is 18.3 Å². The maximum absolute atomic E-state index is 11.1. The van der Waals surface area contributed by atoms with E-state index in [1.807, 2.05) is 18.2 Å². The molecular formula is C13H11NO2S. The van der Waals surface area contributed by atoms with E-state index in [0.717, 1.165) is 5.56 Å². The SMILES string of the molecule is C#CCOC(=O)CSCc1ccccc1C#N. The van der Waals surface area contributed by atoms with Gasteiger partial charge in [0.05, 0.1) is 17.4 Å². The Kier molecular flexibility index (Phi) is 5.71. The molecule has 4 heteroatoms. The predicted octanol–water partition coefficient (Wildman–Crippen LogP) is 1.97. The van der Waals surface area contributed by atoms with Crippen molar-refractivity contribution >= 4 is 17.7 Å². The van der Waals surface area contributed by atoms with E-state index in [0.29, 0.717) is 11.3 Å². The number of carbonyl (C=O) groups is 1. The minimum atomic E-state index is -0.331. The quantitative estimate of drug-likeness (QED) is 0.588. The van der Waals surface area contributed by atoms with Crippen LogP contribution in [0.3, 0.4) is 0 Å². The Morgan fingerprint density at radius 1 is 1.47 bits per heavy atom. The largest absolute Gasteiger partial charge is 0.452 e. The fourth-order valence-electron chi connectivity index (χ4n) is 1.16. The molecule has 0 heterocycles. The molecule has 0 bridgehead atoms. The minimum Gasteiger partial charge on any atom is -0.452 e. The van der Waals surface area contributed by atoms with Crippen LogP contribution in [0.4, 0.5) is 0 Å². The van der Waals surface area contributed by atoms with E-state index in [2.05, 4.69) is 12.0 Å². The summed E-state index contributed by atoms with van der Waals surface area (Å²) in [4.78, 5) is 11.1. The van der Waals surface area contributed by atoms with Crippen LogP contribution < -0.4 is 0 Å². The summed E-state index contributed by atoms with van der Waals surface area (Å²) in [5.41, 5.74) is 1.56. The highest BCUT2D eigenvalue weighted by atomic mass is 32.2. The van der Waals surface area contributed by atoms with Crippen LogP contribution in [0.2, 0.25) is 0 Å². The Hall–Kier alpha value is -1.91. The zero-order chi connectivity index (χ0) is 12.5. The zero-order valence-corrected chi connectivity index (χ0v) is 10.00. The Morgan fingerprint density at radius 2 is 2.24 bits per heavy atom. The molecule has 3 nitrogen and oxygen atoms in total. The first-order chi connectivity index (χ1) is 8.27. The van der Waals surface area contributed by atoms with E-state index in [1.165, 1.54) is 11.8 Å². The lowest BCUT2D eigenvalue weighted by Gasteiger charge is -2.03. The highest BCUT2D eigenvalue weighted by Crippen LogP contribution is 2.15. The lowest BCUT2D eigenvalue weighted by Crippen LogP contribution is -2.07. The number of nitrogens with zero attached hydrogens (tertiary/aromatic N) is 1. The molecule has 0 aromatic heterocycles. The maximum atomic E-state index is 11.1. The number of ether oxygens (including phenoxy) is 1. The molecule has 0 aliphatic heterocycles. The van der Waals surface area contributed by atoms with Crippen molar-refractivity contribution in [3.63, 3.8) is 0 Å². The molecule has 0 spiro atoms. The Bertz CT molecular complexity index is 471. The third-order valence-corrected chi connectivity index (χ3v) is 2.89. The van der Waals surface area contributed by atoms with Crippen molar-refractivity contribution in [1.29, 1.82) is 5.26 Å². The second-order valence-electron chi connectivity index (χ2n) is 3.13. The van der Waals surface area contributed by atoms with Gasteiger partial charge in [0.1, 0.15) is 0 Å². The number of benzene rings is 1. The average molecular weight is 245 g/mol. The van der Waals surface area contributed by atoms with Crippen molar-refractivity contribution in [3.8, 4) is 18.4 Å². The molecule has 0 N–H and O–H groups in total. The Balaban J connectivity index is 2.39. The van der Waals surface area contributed by atoms with Gasteiger partial charge in [0.25, 0.3) is 0 Å². The summed E-state index contributed by atoms with van der Waals surface area (Å²) < 4.78 is 4.72. The molecule has 0 aliphatic rings. The molecule has 0 unspecified atom stereocenters. The molecule has 86 valence electrons. The summed E-state index contributed by atoms with van der Waals surface area (Å²) in [6.45, 7) is 0.00811. The van der Waals surface area contributed by atoms with E-state index in [-0.39, 0.29) is 18.3 Å². The molecule has 0 fully saturated rings. The van der Waals surface area contributed by atoms with Crippen LogP contribution in [0, 0.1) is 23.7 Å². The molecule has 0 atom stereocenters. The van der Waals surface area contributed by atoms with E-state index in [1.54, 1.807) is 6.07 Å². The van der Waals surface area contributed by atoms with Crippen LogP contribution in [0.5, 0.6) is 0 Å². The van der Waals surface area contributed by atoms with Gasteiger partial charge in [-0.25, -0.2) is 0 Å². The van der Waals surface area contributed by atoms with E-state index >= 15 is 0 Å². The summed E-state index contributed by atoms with van der Waals surface area (Å²) in [7, 11) is 0. The molecular weight excluding hydrogens is 234 g/mol. The van der Waals surface area contributed by atoms with Crippen molar-refractivity contribution in [2.75, 3.05) is 12.4 Å². The lowest BCUT2D eigenvalue weighted by atomic mass is 10.1. The van der Waals surface area contributed by atoms with Gasteiger partial charge in [-0.2, -0.15) is 5.26 Å². The lowest BCUT2D eigenvalue weighted by molar-refractivity contribution is -0.138. The number of terminal acetylenes is 1. The van der Waals surface area contributed by atoms with Crippen molar-refractivity contribution in [1.82, 2.24) is 0 Å². The molecule has 0 radical (unpaired) electrons. The number of rotatable bonds is 5. The maximum Gasteiger partial charge on any atom is 0.316 e. The molecule has 0 saturated heterocycles. The van der Waals surface area contributed by atoms with Crippen molar-refractivity contribution in [2.45, 2.75) is 5.75 Å². The summed E-state index contributed by atoms with van der Waals surface area (Å²) in [6, 6.07) is 9.42. The Labute approximate surface area is 105 Å². The molecule has 1 aromatic carbocycles. The second kappa shape index (κ2) is 7.38. The molecule has 0 saturated carbocycles. The van der Waals surface area contributed by atoms with Crippen LogP contribution in [0.15, 0.2) is 24.3 Å². The van der Waals surface area contributed by atoms with Crippen LogP contribution in [-0.2, 0) is 15.3 Å². The fraction of sp³-hybridized carbons (Fsp3) is 0.231. The van der Waals surface area contributed by atoms with Gasteiger partial charge in [0.2, 0.25) is 0 Å². The standard InChI is InChI=1S/C13H11NO2S/c1-2-7-16-13(15)10-17-9-12-6-4-3-5-11(12)8-14/h1,3-6H,7,9-10H2. The molecule has 1 rings (SSSR count). The second-order valence-corrected chi connectivity index (χ2v) is 4.11. The van der Waals surface area contributed by atoms with Gasteiger partial charge in [-0.15, -0.1) is 18.2 Å². The summed E-state index contributed by atoms with van der Waals surface area (Å²) in [5, 5.41) is 8.87. The first kappa shape index (κ1) is 13.2. The van der Waals surface area contributed by atoms with Gasteiger partial charge in [-0.05, 0) is 11.6 Å². The molecule has 0 amide bonds. The molecule has 0 aliphatic carbocycles. The van der Waals surface area contributed by atoms with Gasteiger partial charge in [-0.1, -0.05) is 24.1 Å². The third-order valence-electron chi connectivity index (χ3n) is 1.93. The monoisotopic (exact) mass is 245 g/mol. The van der Waals surface area contributed by atoms with Crippen molar-refractivity contribution in [3.05, 3.63) is 35.4 Å². The van der Waals surface area contributed by atoms with Gasteiger partial charge in [0.15, 0.2) is 6.61 Å². The minimum absolute atomic E-state index is 0.00811. The van der Waals surface area contributed by atoms with E-state index < -0.39 is 0 Å². The van der Waals surface area contributed by atoms with Crippen molar-refractivity contribution in [2.24, 2.45) is 0 Å². The van der Waals surface area contributed by atoms with Crippen molar-refractivity contribution < 1.29 is 9.53 Å². The number of hydrogen-bond donors (Lipinski definition) is 0. The van der Waals surface area contributed by atoms with Gasteiger partial charge in [0, 0.05) is 5.75 Å². The first-order valence-corrected chi connectivity index (χ1v) is 6.08. The summed E-state index contributed by atoms with van der Waals surface area (Å²) >= 11 is 1.40. The highest BCUT2D eigenvalue weighted by Gasteiger charge is 2.04. The predicted molar refractivity (Wildman–Crippen MR) is 67.1 cm³/mol. The molecule has 17 heavy (non-hydrogen) atoms. The summed E-state index contributed by atoms with van der Waals surface area (Å²) in [5.74, 6) is 2.74. The molecule has 1 aromatic rings. The summed E-state index contributed by atoms with van der Waals surface area (Å²) in [6.07, 6.45) is 4.96. The van der Waals surface area contributed by atoms with E-state index in [4.69, 9.17) is 16.4 Å². The van der Waals surface area contributed by atoms with Crippen LogP contribution in [0.1, 0.15) is 11.1 Å².